The first-order chi connectivity index (χ1) is 6.41. The van der Waals surface area contributed by atoms with E-state index in [1.165, 1.54) is 11.3 Å². The summed E-state index contributed by atoms with van der Waals surface area (Å²) >= 11 is 0. The standard InChI is InChI=1S/C11H10N2/c1-2-4-10-9(3-1)11(8-13-10)5-6-12-7-11/h1-7,13H,8H2. The number of nitrogens with zero attached hydrogens (tertiary/aromatic N) is 1. The fraction of sp³-hybridized carbons (Fsp3) is 0.182. The molecule has 64 valence electrons. The van der Waals surface area contributed by atoms with E-state index in [-0.39, 0.29) is 5.41 Å². The predicted octanol–water partition coefficient (Wildman–Crippen LogP) is 1.95. The number of nitrogens with one attached hydrogen (secondary N) is 1. The highest BCUT2D eigenvalue weighted by molar-refractivity contribution is 5.86. The van der Waals surface area contributed by atoms with E-state index >= 15 is 0 Å². The van der Waals surface area contributed by atoms with Crippen molar-refractivity contribution in [2.24, 2.45) is 4.99 Å². The van der Waals surface area contributed by atoms with Crippen LogP contribution < -0.4 is 5.32 Å². The molecule has 1 N–H and O–H groups in total. The van der Waals surface area contributed by atoms with Crippen molar-refractivity contribution >= 4 is 11.9 Å². The lowest BCUT2D eigenvalue weighted by Crippen LogP contribution is -2.25. The number of hydrogen-bond donors (Lipinski definition) is 1. The van der Waals surface area contributed by atoms with Crippen LogP contribution >= 0.6 is 0 Å². The smallest absolute Gasteiger partial charge is 0.0695 e. The number of aliphatic imine (C=N–C) groups is 1. The average Bonchev–Trinajstić information content (AvgIpc) is 2.78. The van der Waals surface area contributed by atoms with Crippen LogP contribution in [0.25, 0.3) is 0 Å². The van der Waals surface area contributed by atoms with Crippen LogP contribution in [0.15, 0.2) is 41.5 Å². The lowest BCUT2D eigenvalue weighted by atomic mass is 9.85. The van der Waals surface area contributed by atoms with Crippen molar-refractivity contribution in [1.29, 1.82) is 0 Å². The Morgan fingerprint density at radius 1 is 1.31 bits per heavy atom. The second-order valence-corrected chi connectivity index (χ2v) is 3.53. The Labute approximate surface area is 77.0 Å². The second-order valence-electron chi connectivity index (χ2n) is 3.53. The first-order valence-corrected chi connectivity index (χ1v) is 4.46. The van der Waals surface area contributed by atoms with Gasteiger partial charge in [0, 0.05) is 24.6 Å². The lowest BCUT2D eigenvalue weighted by molar-refractivity contribution is 0.830. The van der Waals surface area contributed by atoms with Crippen LogP contribution in [0.2, 0.25) is 0 Å². The predicted molar refractivity (Wildman–Crippen MR) is 54.2 cm³/mol. The van der Waals surface area contributed by atoms with Crippen molar-refractivity contribution < 1.29 is 0 Å². The molecule has 0 fully saturated rings. The van der Waals surface area contributed by atoms with Gasteiger partial charge in [0.05, 0.1) is 5.41 Å². The minimum Gasteiger partial charge on any atom is -0.383 e. The normalized spacial score (nSPS) is 28.0. The summed E-state index contributed by atoms with van der Waals surface area (Å²) in [4.78, 5) is 4.17. The fourth-order valence-electron chi connectivity index (χ4n) is 2.04. The number of anilines is 1. The highest BCUT2D eigenvalue weighted by Crippen LogP contribution is 2.38. The second kappa shape index (κ2) is 2.22. The molecule has 0 aliphatic carbocycles. The summed E-state index contributed by atoms with van der Waals surface area (Å²) in [5.74, 6) is 0. The SMILES string of the molecule is C1=CC2(C=N1)CNc1ccccc12. The van der Waals surface area contributed by atoms with E-state index in [4.69, 9.17) is 0 Å². The van der Waals surface area contributed by atoms with E-state index in [9.17, 15) is 0 Å². The molecular formula is C11H10N2. The summed E-state index contributed by atoms with van der Waals surface area (Å²) in [6.45, 7) is 0.937. The first-order valence-electron chi connectivity index (χ1n) is 4.46. The zero-order chi connectivity index (χ0) is 8.73. The van der Waals surface area contributed by atoms with E-state index in [1.54, 1.807) is 0 Å². The van der Waals surface area contributed by atoms with Crippen LogP contribution in [-0.4, -0.2) is 12.8 Å². The molecule has 2 heteroatoms. The monoisotopic (exact) mass is 170 g/mol. The number of rotatable bonds is 0. The van der Waals surface area contributed by atoms with Gasteiger partial charge in [0.15, 0.2) is 0 Å². The van der Waals surface area contributed by atoms with Gasteiger partial charge in [-0.15, -0.1) is 0 Å². The van der Waals surface area contributed by atoms with Gasteiger partial charge in [0.1, 0.15) is 0 Å². The third-order valence-corrected chi connectivity index (χ3v) is 2.76. The van der Waals surface area contributed by atoms with E-state index in [0.29, 0.717) is 0 Å². The minimum absolute atomic E-state index is 0.0383. The van der Waals surface area contributed by atoms with Crippen molar-refractivity contribution in [2.45, 2.75) is 5.41 Å². The summed E-state index contributed by atoms with van der Waals surface area (Å²) in [6.07, 6.45) is 6.06. The fourth-order valence-corrected chi connectivity index (χ4v) is 2.04. The van der Waals surface area contributed by atoms with Crippen LogP contribution in [0, 0.1) is 0 Å². The van der Waals surface area contributed by atoms with Gasteiger partial charge in [-0.1, -0.05) is 18.2 Å². The molecule has 1 atom stereocenters. The summed E-state index contributed by atoms with van der Waals surface area (Å²) < 4.78 is 0. The first kappa shape index (κ1) is 6.89. The largest absolute Gasteiger partial charge is 0.383 e. The molecule has 2 aliphatic heterocycles. The summed E-state index contributed by atoms with van der Waals surface area (Å²) in [7, 11) is 0. The molecule has 1 aromatic carbocycles. The maximum atomic E-state index is 4.17. The van der Waals surface area contributed by atoms with Gasteiger partial charge in [0.25, 0.3) is 0 Å². The van der Waals surface area contributed by atoms with E-state index in [2.05, 4.69) is 40.7 Å². The van der Waals surface area contributed by atoms with Gasteiger partial charge >= 0.3 is 0 Å². The van der Waals surface area contributed by atoms with E-state index in [1.807, 2.05) is 12.4 Å². The van der Waals surface area contributed by atoms with Gasteiger partial charge in [-0.05, 0) is 17.7 Å². The molecule has 3 rings (SSSR count). The molecule has 0 saturated carbocycles. The quantitative estimate of drug-likeness (QED) is 0.632. The van der Waals surface area contributed by atoms with Crippen molar-refractivity contribution in [3.63, 3.8) is 0 Å². The Morgan fingerprint density at radius 2 is 2.23 bits per heavy atom. The van der Waals surface area contributed by atoms with Gasteiger partial charge in [-0.2, -0.15) is 0 Å². The number of benzene rings is 1. The third kappa shape index (κ3) is 0.800. The minimum atomic E-state index is 0.0383. The van der Waals surface area contributed by atoms with Crippen LogP contribution in [0.3, 0.4) is 0 Å². The molecule has 2 heterocycles. The van der Waals surface area contributed by atoms with Crippen LogP contribution in [-0.2, 0) is 5.41 Å². The number of fused-ring (bicyclic) bond motifs is 2. The Bertz CT molecular complexity index is 392. The molecule has 2 aliphatic rings. The van der Waals surface area contributed by atoms with Gasteiger partial charge in [-0.3, -0.25) is 4.99 Å². The summed E-state index contributed by atoms with van der Waals surface area (Å²) in [5, 5.41) is 3.39. The van der Waals surface area contributed by atoms with Gasteiger partial charge in [0.2, 0.25) is 0 Å². The molecule has 1 spiro atoms. The van der Waals surface area contributed by atoms with E-state index in [0.717, 1.165) is 6.54 Å². The molecule has 2 nitrogen and oxygen atoms in total. The lowest BCUT2D eigenvalue weighted by Gasteiger charge is -2.15. The Kier molecular flexibility index (Phi) is 1.18. The Hall–Kier alpha value is -1.57. The van der Waals surface area contributed by atoms with Crippen molar-refractivity contribution in [3.8, 4) is 0 Å². The number of hydrogen-bond acceptors (Lipinski definition) is 2. The zero-order valence-corrected chi connectivity index (χ0v) is 7.20. The summed E-state index contributed by atoms with van der Waals surface area (Å²) in [5.41, 5.74) is 2.62. The molecule has 13 heavy (non-hydrogen) atoms. The molecule has 0 bridgehead atoms. The van der Waals surface area contributed by atoms with Crippen molar-refractivity contribution in [1.82, 2.24) is 0 Å². The molecule has 0 radical (unpaired) electrons. The zero-order valence-electron chi connectivity index (χ0n) is 7.20. The van der Waals surface area contributed by atoms with E-state index < -0.39 is 0 Å². The maximum Gasteiger partial charge on any atom is 0.0695 e. The third-order valence-electron chi connectivity index (χ3n) is 2.76. The van der Waals surface area contributed by atoms with Gasteiger partial charge < -0.3 is 5.32 Å². The van der Waals surface area contributed by atoms with Crippen molar-refractivity contribution in [3.05, 3.63) is 42.1 Å². The topological polar surface area (TPSA) is 24.4 Å². The molecular weight excluding hydrogens is 160 g/mol. The Balaban J connectivity index is 2.22. The highest BCUT2D eigenvalue weighted by atomic mass is 14.9. The molecule has 0 saturated heterocycles. The van der Waals surface area contributed by atoms with Crippen LogP contribution in [0.5, 0.6) is 0 Å². The molecule has 1 unspecified atom stereocenters. The molecule has 1 aromatic rings. The average molecular weight is 170 g/mol. The maximum absolute atomic E-state index is 4.17. The van der Waals surface area contributed by atoms with Gasteiger partial charge in [-0.25, -0.2) is 0 Å². The summed E-state index contributed by atoms with van der Waals surface area (Å²) in [6, 6.07) is 8.41. The van der Waals surface area contributed by atoms with Crippen molar-refractivity contribution in [2.75, 3.05) is 11.9 Å². The Morgan fingerprint density at radius 3 is 3.08 bits per heavy atom. The molecule has 0 aromatic heterocycles. The highest BCUT2D eigenvalue weighted by Gasteiger charge is 2.36. The number of para-hydroxylation sites is 1. The molecule has 0 amide bonds. The van der Waals surface area contributed by atoms with Crippen LogP contribution in [0.1, 0.15) is 5.56 Å². The van der Waals surface area contributed by atoms with Crippen LogP contribution in [0.4, 0.5) is 5.69 Å².